The monoisotopic (exact) mass is 250 g/mol. The maximum Gasteiger partial charge on any atom is 0.314 e. The van der Waals surface area contributed by atoms with Crippen molar-refractivity contribution in [2.75, 3.05) is 13.7 Å². The zero-order valence-electron chi connectivity index (χ0n) is 11.6. The summed E-state index contributed by atoms with van der Waals surface area (Å²) in [5, 5.41) is 0. The molecule has 0 N–H and O–H groups in total. The van der Waals surface area contributed by atoms with Gasteiger partial charge in [-0.1, -0.05) is 30.3 Å². The van der Waals surface area contributed by atoms with Crippen molar-refractivity contribution in [2.24, 2.45) is 5.41 Å². The standard InChI is InChI=1S/C15H22O3/c1-12(10-13-8-6-5-7-9-13)18-14(16)15(2,3)11-17-4/h5-9,12H,10-11H2,1-4H3. The van der Waals surface area contributed by atoms with E-state index in [2.05, 4.69) is 0 Å². The molecule has 18 heavy (non-hydrogen) atoms. The number of rotatable bonds is 6. The summed E-state index contributed by atoms with van der Waals surface area (Å²) >= 11 is 0. The van der Waals surface area contributed by atoms with Crippen LogP contribution in [0.4, 0.5) is 0 Å². The zero-order chi connectivity index (χ0) is 13.6. The molecule has 0 aliphatic rings. The van der Waals surface area contributed by atoms with E-state index in [-0.39, 0.29) is 12.1 Å². The van der Waals surface area contributed by atoms with Crippen LogP contribution >= 0.6 is 0 Å². The maximum absolute atomic E-state index is 12.0. The molecular weight excluding hydrogens is 228 g/mol. The summed E-state index contributed by atoms with van der Waals surface area (Å²) in [5.74, 6) is -0.215. The predicted octanol–water partition coefficient (Wildman–Crippen LogP) is 2.83. The Bertz CT molecular complexity index is 371. The molecule has 0 aliphatic carbocycles. The van der Waals surface area contributed by atoms with Crippen LogP contribution in [0.5, 0.6) is 0 Å². The summed E-state index contributed by atoms with van der Waals surface area (Å²) in [7, 11) is 1.59. The molecule has 0 spiro atoms. The van der Waals surface area contributed by atoms with Crippen LogP contribution in [-0.4, -0.2) is 25.8 Å². The number of ether oxygens (including phenoxy) is 2. The average molecular weight is 250 g/mol. The molecular formula is C15H22O3. The fourth-order valence-corrected chi connectivity index (χ4v) is 1.75. The number of carbonyl (C=O) groups is 1. The number of hydrogen-bond donors (Lipinski definition) is 0. The third-order valence-electron chi connectivity index (χ3n) is 2.73. The fraction of sp³-hybridized carbons (Fsp3) is 0.533. The van der Waals surface area contributed by atoms with E-state index in [1.54, 1.807) is 7.11 Å². The van der Waals surface area contributed by atoms with Gasteiger partial charge in [0.05, 0.1) is 12.0 Å². The van der Waals surface area contributed by atoms with Crippen LogP contribution in [0.2, 0.25) is 0 Å². The lowest BCUT2D eigenvalue weighted by molar-refractivity contribution is -0.161. The van der Waals surface area contributed by atoms with Gasteiger partial charge in [-0.3, -0.25) is 4.79 Å². The molecule has 0 radical (unpaired) electrons. The highest BCUT2D eigenvalue weighted by Gasteiger charge is 2.30. The van der Waals surface area contributed by atoms with Crippen LogP contribution < -0.4 is 0 Å². The van der Waals surface area contributed by atoms with Gasteiger partial charge in [-0.2, -0.15) is 0 Å². The molecule has 0 saturated carbocycles. The van der Waals surface area contributed by atoms with E-state index in [1.165, 1.54) is 5.56 Å². The van der Waals surface area contributed by atoms with Crippen molar-refractivity contribution in [2.45, 2.75) is 33.3 Å². The summed E-state index contributed by atoms with van der Waals surface area (Å²) in [6, 6.07) is 10.0. The highest BCUT2D eigenvalue weighted by atomic mass is 16.5. The molecule has 0 bridgehead atoms. The van der Waals surface area contributed by atoms with Crippen molar-refractivity contribution in [3.63, 3.8) is 0 Å². The molecule has 1 rings (SSSR count). The summed E-state index contributed by atoms with van der Waals surface area (Å²) in [5.41, 5.74) is 0.571. The SMILES string of the molecule is COCC(C)(C)C(=O)OC(C)Cc1ccccc1. The van der Waals surface area contributed by atoms with Crippen LogP contribution in [0.1, 0.15) is 26.3 Å². The molecule has 1 aromatic carbocycles. The smallest absolute Gasteiger partial charge is 0.314 e. The number of benzene rings is 1. The fourth-order valence-electron chi connectivity index (χ4n) is 1.75. The topological polar surface area (TPSA) is 35.5 Å². The van der Waals surface area contributed by atoms with Crippen molar-refractivity contribution in [1.29, 1.82) is 0 Å². The summed E-state index contributed by atoms with van der Waals surface area (Å²) < 4.78 is 10.5. The Morgan fingerprint density at radius 3 is 2.44 bits per heavy atom. The Morgan fingerprint density at radius 1 is 1.28 bits per heavy atom. The van der Waals surface area contributed by atoms with Crippen molar-refractivity contribution < 1.29 is 14.3 Å². The first-order valence-corrected chi connectivity index (χ1v) is 6.19. The zero-order valence-corrected chi connectivity index (χ0v) is 11.6. The van der Waals surface area contributed by atoms with Crippen LogP contribution in [-0.2, 0) is 20.7 Å². The van der Waals surface area contributed by atoms with Crippen LogP contribution in [0.15, 0.2) is 30.3 Å². The average Bonchev–Trinajstić information content (AvgIpc) is 2.29. The second-order valence-corrected chi connectivity index (χ2v) is 5.22. The van der Waals surface area contributed by atoms with Gasteiger partial charge in [0.25, 0.3) is 0 Å². The molecule has 100 valence electrons. The Morgan fingerprint density at radius 2 is 1.89 bits per heavy atom. The molecule has 1 aromatic rings. The van der Waals surface area contributed by atoms with Gasteiger partial charge < -0.3 is 9.47 Å². The normalized spacial score (nSPS) is 13.1. The predicted molar refractivity (Wildman–Crippen MR) is 71.4 cm³/mol. The maximum atomic E-state index is 12.0. The minimum absolute atomic E-state index is 0.129. The minimum Gasteiger partial charge on any atom is -0.462 e. The minimum atomic E-state index is -0.598. The van der Waals surface area contributed by atoms with Crippen molar-refractivity contribution >= 4 is 5.97 Å². The van der Waals surface area contributed by atoms with Crippen molar-refractivity contribution in [3.05, 3.63) is 35.9 Å². The molecule has 0 fully saturated rings. The lowest BCUT2D eigenvalue weighted by atomic mass is 9.95. The lowest BCUT2D eigenvalue weighted by Crippen LogP contribution is -2.34. The first-order chi connectivity index (χ1) is 8.45. The van der Waals surface area contributed by atoms with Crippen LogP contribution in [0.3, 0.4) is 0 Å². The van der Waals surface area contributed by atoms with E-state index < -0.39 is 5.41 Å². The summed E-state index contributed by atoms with van der Waals surface area (Å²) in [4.78, 5) is 12.0. The Kier molecular flexibility index (Phi) is 5.35. The largest absolute Gasteiger partial charge is 0.462 e. The molecule has 3 heteroatoms. The second-order valence-electron chi connectivity index (χ2n) is 5.22. The third-order valence-corrected chi connectivity index (χ3v) is 2.73. The van der Waals surface area contributed by atoms with Crippen molar-refractivity contribution in [3.8, 4) is 0 Å². The number of carbonyl (C=O) groups excluding carboxylic acids is 1. The summed E-state index contributed by atoms with van der Waals surface area (Å²) in [6.07, 6.45) is 0.603. The Hall–Kier alpha value is -1.35. The van der Waals surface area contributed by atoms with E-state index in [1.807, 2.05) is 51.1 Å². The van der Waals surface area contributed by atoms with Crippen molar-refractivity contribution in [1.82, 2.24) is 0 Å². The second kappa shape index (κ2) is 6.55. The van der Waals surface area contributed by atoms with Gasteiger partial charge in [0, 0.05) is 13.5 Å². The van der Waals surface area contributed by atoms with Gasteiger partial charge in [0.2, 0.25) is 0 Å². The van der Waals surface area contributed by atoms with Gasteiger partial charge in [-0.05, 0) is 26.3 Å². The third kappa shape index (κ3) is 4.49. The van der Waals surface area contributed by atoms with E-state index in [0.29, 0.717) is 6.61 Å². The Labute approximate surface area is 109 Å². The van der Waals surface area contributed by atoms with Gasteiger partial charge in [0.15, 0.2) is 0 Å². The first-order valence-electron chi connectivity index (χ1n) is 6.19. The molecule has 0 heterocycles. The highest BCUT2D eigenvalue weighted by molar-refractivity contribution is 5.76. The van der Waals surface area contributed by atoms with E-state index in [9.17, 15) is 4.79 Å². The van der Waals surface area contributed by atoms with Gasteiger partial charge >= 0.3 is 5.97 Å². The molecule has 1 atom stereocenters. The number of esters is 1. The van der Waals surface area contributed by atoms with E-state index in [4.69, 9.17) is 9.47 Å². The van der Waals surface area contributed by atoms with Gasteiger partial charge in [-0.25, -0.2) is 0 Å². The van der Waals surface area contributed by atoms with Gasteiger partial charge in [0.1, 0.15) is 6.10 Å². The Balaban J connectivity index is 2.50. The lowest BCUT2D eigenvalue weighted by Gasteiger charge is -2.24. The van der Waals surface area contributed by atoms with Gasteiger partial charge in [-0.15, -0.1) is 0 Å². The molecule has 0 aromatic heterocycles. The van der Waals surface area contributed by atoms with Crippen LogP contribution in [0, 0.1) is 5.41 Å². The van der Waals surface area contributed by atoms with Crippen LogP contribution in [0.25, 0.3) is 0 Å². The summed E-state index contributed by atoms with van der Waals surface area (Å²) in [6.45, 7) is 5.93. The van der Waals surface area contributed by atoms with E-state index in [0.717, 1.165) is 6.42 Å². The molecule has 0 saturated heterocycles. The quantitative estimate of drug-likeness (QED) is 0.728. The molecule has 0 aliphatic heterocycles. The number of methoxy groups -OCH3 is 1. The number of hydrogen-bond acceptors (Lipinski definition) is 3. The molecule has 3 nitrogen and oxygen atoms in total. The first kappa shape index (κ1) is 14.7. The molecule has 0 amide bonds. The highest BCUT2D eigenvalue weighted by Crippen LogP contribution is 2.19. The molecule has 1 unspecified atom stereocenters. The van der Waals surface area contributed by atoms with E-state index >= 15 is 0 Å².